The van der Waals surface area contributed by atoms with Crippen LogP contribution in [0.2, 0.25) is 0 Å². The molecule has 4 heteroatoms. The number of rotatable bonds is 1. The zero-order chi connectivity index (χ0) is 7.23. The van der Waals surface area contributed by atoms with Crippen LogP contribution in [0, 0.1) is 0 Å². The lowest BCUT2D eigenvalue weighted by molar-refractivity contribution is 0.556. The first-order valence-corrected chi connectivity index (χ1v) is 4.78. The molecule has 0 amide bonds. The van der Waals surface area contributed by atoms with Crippen LogP contribution in [0.3, 0.4) is 0 Å². The Morgan fingerprint density at radius 1 is 1.22 bits per heavy atom. The van der Waals surface area contributed by atoms with E-state index in [4.69, 9.17) is 0 Å². The van der Waals surface area contributed by atoms with Gasteiger partial charge in [0.1, 0.15) is 0 Å². The van der Waals surface area contributed by atoms with E-state index in [0.717, 1.165) is 0 Å². The summed E-state index contributed by atoms with van der Waals surface area (Å²) < 4.78 is 23.0. The Labute approximate surface area is 55.7 Å². The van der Waals surface area contributed by atoms with Gasteiger partial charge in [-0.05, 0) is 13.8 Å². The van der Waals surface area contributed by atoms with Gasteiger partial charge < -0.3 is 0 Å². The molecule has 9 heavy (non-hydrogen) atoms. The van der Waals surface area contributed by atoms with E-state index in [0.29, 0.717) is 0 Å². The summed E-state index contributed by atoms with van der Waals surface area (Å²) in [5.41, 5.74) is 0. The molecule has 0 aromatic rings. The van der Waals surface area contributed by atoms with Crippen molar-refractivity contribution < 1.29 is 8.42 Å². The third kappa shape index (κ3) is 1.09. The fraction of sp³-hybridized carbons (Fsp3) is 1.00. The zero-order valence-corrected chi connectivity index (χ0v) is 6.64. The Balaban J connectivity index is 2.72. The Morgan fingerprint density at radius 3 is 1.56 bits per heavy atom. The second-order valence-corrected chi connectivity index (χ2v) is 4.46. The van der Waals surface area contributed by atoms with Gasteiger partial charge in [-0.2, -0.15) is 4.31 Å². The van der Waals surface area contributed by atoms with Crippen LogP contribution in [0.5, 0.6) is 0 Å². The highest BCUT2D eigenvalue weighted by Crippen LogP contribution is 2.29. The van der Waals surface area contributed by atoms with E-state index in [1.54, 1.807) is 0 Å². The van der Waals surface area contributed by atoms with Crippen molar-refractivity contribution in [3.05, 3.63) is 0 Å². The molecule has 1 aliphatic heterocycles. The molecular formula is C5H11NO2S. The van der Waals surface area contributed by atoms with Crippen molar-refractivity contribution in [2.45, 2.75) is 25.9 Å². The quantitative estimate of drug-likeness (QED) is 0.493. The second-order valence-electron chi connectivity index (χ2n) is 2.57. The lowest BCUT2D eigenvalue weighted by Gasteiger charge is -1.94. The Morgan fingerprint density at radius 2 is 1.56 bits per heavy atom. The Kier molecular flexibility index (Phi) is 1.33. The van der Waals surface area contributed by atoms with Crippen LogP contribution in [-0.4, -0.2) is 31.1 Å². The summed E-state index contributed by atoms with van der Waals surface area (Å²) in [6.45, 7) is 3.82. The first kappa shape index (κ1) is 7.02. The maximum atomic E-state index is 10.7. The molecular weight excluding hydrogens is 138 g/mol. The van der Waals surface area contributed by atoms with E-state index in [1.165, 1.54) is 10.6 Å². The predicted octanol–water partition coefficient (Wildman–Crippen LogP) is 0.0386. The average molecular weight is 149 g/mol. The molecule has 0 radical (unpaired) electrons. The van der Waals surface area contributed by atoms with Gasteiger partial charge in [-0.15, -0.1) is 0 Å². The van der Waals surface area contributed by atoms with E-state index in [1.807, 2.05) is 13.8 Å². The minimum absolute atomic E-state index is 0.222. The molecule has 0 spiro atoms. The van der Waals surface area contributed by atoms with Gasteiger partial charge in [0, 0.05) is 12.1 Å². The van der Waals surface area contributed by atoms with Gasteiger partial charge in [0.25, 0.3) is 0 Å². The van der Waals surface area contributed by atoms with Gasteiger partial charge in [0.05, 0.1) is 6.26 Å². The maximum absolute atomic E-state index is 10.7. The molecule has 1 heterocycles. The molecule has 1 saturated heterocycles. The smallest absolute Gasteiger partial charge is 0.211 e. The molecule has 0 aromatic carbocycles. The van der Waals surface area contributed by atoms with Crippen LogP contribution in [0.15, 0.2) is 0 Å². The fourth-order valence-electron chi connectivity index (χ4n) is 1.07. The summed E-state index contributed by atoms with van der Waals surface area (Å²) in [5, 5.41) is 0. The highest BCUT2D eigenvalue weighted by Gasteiger charge is 2.46. The van der Waals surface area contributed by atoms with Crippen molar-refractivity contribution in [3.63, 3.8) is 0 Å². The standard InChI is InChI=1S/C5H11NO2S/c1-4-5(2)6(4)9(3,7)8/h4-5H,1-3H3/t4-,5+,6?. The third-order valence-electron chi connectivity index (χ3n) is 1.79. The highest BCUT2D eigenvalue weighted by molar-refractivity contribution is 7.88. The SMILES string of the molecule is C[C@@H]1[C@H](C)N1S(C)(=O)=O. The second kappa shape index (κ2) is 1.70. The molecule has 0 saturated carbocycles. The van der Waals surface area contributed by atoms with Gasteiger partial charge in [-0.25, -0.2) is 8.42 Å². The van der Waals surface area contributed by atoms with Crippen molar-refractivity contribution in [1.29, 1.82) is 0 Å². The molecule has 3 atom stereocenters. The molecule has 3 nitrogen and oxygen atoms in total. The molecule has 0 bridgehead atoms. The molecule has 1 rings (SSSR count). The molecule has 1 fully saturated rings. The molecule has 1 unspecified atom stereocenters. The summed E-state index contributed by atoms with van der Waals surface area (Å²) in [6, 6.07) is 0.444. The van der Waals surface area contributed by atoms with Gasteiger partial charge in [0.15, 0.2) is 0 Å². The van der Waals surface area contributed by atoms with Crippen molar-refractivity contribution in [3.8, 4) is 0 Å². The maximum Gasteiger partial charge on any atom is 0.211 e. The minimum Gasteiger partial charge on any atom is -0.212 e. The molecule has 1 aliphatic rings. The van der Waals surface area contributed by atoms with Gasteiger partial charge in [-0.3, -0.25) is 0 Å². The van der Waals surface area contributed by atoms with E-state index in [2.05, 4.69) is 0 Å². The van der Waals surface area contributed by atoms with Crippen LogP contribution >= 0.6 is 0 Å². The first-order chi connectivity index (χ1) is 3.94. The van der Waals surface area contributed by atoms with Gasteiger partial charge in [0.2, 0.25) is 10.0 Å². The average Bonchev–Trinajstić information content (AvgIpc) is 2.11. The van der Waals surface area contributed by atoms with Crippen molar-refractivity contribution in [1.82, 2.24) is 4.31 Å². The summed E-state index contributed by atoms with van der Waals surface area (Å²) >= 11 is 0. The van der Waals surface area contributed by atoms with E-state index < -0.39 is 10.0 Å². The zero-order valence-electron chi connectivity index (χ0n) is 5.83. The molecule has 0 aromatic heterocycles. The van der Waals surface area contributed by atoms with E-state index in [-0.39, 0.29) is 12.1 Å². The topological polar surface area (TPSA) is 37.1 Å². The van der Waals surface area contributed by atoms with Crippen LogP contribution in [0.1, 0.15) is 13.8 Å². The van der Waals surface area contributed by atoms with E-state index >= 15 is 0 Å². The van der Waals surface area contributed by atoms with Crippen molar-refractivity contribution in [2.24, 2.45) is 0 Å². The van der Waals surface area contributed by atoms with Crippen LogP contribution in [0.25, 0.3) is 0 Å². The Hall–Kier alpha value is -0.0900. The van der Waals surface area contributed by atoms with Crippen LogP contribution < -0.4 is 0 Å². The van der Waals surface area contributed by atoms with E-state index in [9.17, 15) is 8.42 Å². The monoisotopic (exact) mass is 149 g/mol. The molecule has 0 aliphatic carbocycles. The summed E-state index contributed by atoms with van der Waals surface area (Å²) in [7, 11) is -2.89. The number of hydrogen-bond acceptors (Lipinski definition) is 2. The third-order valence-corrected chi connectivity index (χ3v) is 3.23. The number of hydrogen-bond donors (Lipinski definition) is 0. The lowest BCUT2D eigenvalue weighted by atomic mass is 10.4. The number of nitrogens with zero attached hydrogens (tertiary/aromatic N) is 1. The summed E-state index contributed by atoms with van der Waals surface area (Å²) in [4.78, 5) is 0. The first-order valence-electron chi connectivity index (χ1n) is 2.93. The predicted molar refractivity (Wildman–Crippen MR) is 35.6 cm³/mol. The van der Waals surface area contributed by atoms with Crippen molar-refractivity contribution >= 4 is 10.0 Å². The van der Waals surface area contributed by atoms with Crippen LogP contribution in [0.4, 0.5) is 0 Å². The minimum atomic E-state index is -2.89. The molecule has 0 N–H and O–H groups in total. The van der Waals surface area contributed by atoms with Crippen LogP contribution in [-0.2, 0) is 10.0 Å². The normalized spacial score (nSPS) is 42.8. The Bertz CT molecular complexity index is 201. The van der Waals surface area contributed by atoms with Gasteiger partial charge >= 0.3 is 0 Å². The fourth-order valence-corrected chi connectivity index (χ4v) is 2.58. The largest absolute Gasteiger partial charge is 0.212 e. The molecule has 54 valence electrons. The van der Waals surface area contributed by atoms with Gasteiger partial charge in [-0.1, -0.05) is 0 Å². The number of sulfonamides is 1. The summed E-state index contributed by atoms with van der Waals surface area (Å²) in [6.07, 6.45) is 1.24. The lowest BCUT2D eigenvalue weighted by Crippen LogP contribution is -2.11. The van der Waals surface area contributed by atoms with Crippen molar-refractivity contribution in [2.75, 3.05) is 6.26 Å². The highest BCUT2D eigenvalue weighted by atomic mass is 32.2. The summed E-state index contributed by atoms with van der Waals surface area (Å²) in [5.74, 6) is 0.